The van der Waals surface area contributed by atoms with Crippen LogP contribution in [0.2, 0.25) is 0 Å². The Hall–Kier alpha value is -3.19. The van der Waals surface area contributed by atoms with Gasteiger partial charge in [-0.15, -0.1) is 0 Å². The molecule has 1 aliphatic heterocycles. The monoisotopic (exact) mass is 410 g/mol. The van der Waals surface area contributed by atoms with Crippen LogP contribution in [0.4, 0.5) is 5.69 Å². The summed E-state index contributed by atoms with van der Waals surface area (Å²) in [5, 5.41) is 0.183. The van der Waals surface area contributed by atoms with Gasteiger partial charge >= 0.3 is 0 Å². The van der Waals surface area contributed by atoms with Crippen LogP contribution in [0.25, 0.3) is 6.08 Å². The number of carbonyl (C=O) groups is 2. The number of anilines is 1. The van der Waals surface area contributed by atoms with Crippen LogP contribution in [0, 0.1) is 0 Å². The molecule has 1 heterocycles. The van der Waals surface area contributed by atoms with E-state index in [0.717, 1.165) is 0 Å². The highest BCUT2D eigenvalue weighted by atomic mass is 32.1. The zero-order valence-electron chi connectivity index (χ0n) is 16.5. The number of benzene rings is 2. The van der Waals surface area contributed by atoms with E-state index in [0.29, 0.717) is 35.7 Å². The number of nitrogens with zero attached hydrogens (tertiary/aromatic N) is 2. The van der Waals surface area contributed by atoms with E-state index in [-0.39, 0.29) is 10.7 Å². The molecule has 0 N–H and O–H groups in total. The van der Waals surface area contributed by atoms with Crippen molar-refractivity contribution in [3.05, 3.63) is 59.7 Å². The van der Waals surface area contributed by atoms with Gasteiger partial charge in [0.25, 0.3) is 11.8 Å². The van der Waals surface area contributed by atoms with Crippen molar-refractivity contribution in [3.63, 3.8) is 0 Å². The Kier molecular flexibility index (Phi) is 6.29. The summed E-state index contributed by atoms with van der Waals surface area (Å²) in [6, 6.07) is 14.4. The third kappa shape index (κ3) is 3.86. The minimum Gasteiger partial charge on any atom is -0.493 e. The van der Waals surface area contributed by atoms with Crippen LogP contribution in [-0.2, 0) is 9.59 Å². The van der Waals surface area contributed by atoms with Crippen molar-refractivity contribution >= 4 is 40.9 Å². The van der Waals surface area contributed by atoms with E-state index in [9.17, 15) is 9.59 Å². The molecule has 3 rings (SSSR count). The average molecular weight is 410 g/mol. The molecular formula is C22H22N2O4S. The van der Waals surface area contributed by atoms with E-state index in [4.69, 9.17) is 21.7 Å². The van der Waals surface area contributed by atoms with Crippen molar-refractivity contribution in [2.24, 2.45) is 0 Å². The fourth-order valence-corrected chi connectivity index (χ4v) is 3.54. The largest absolute Gasteiger partial charge is 0.493 e. The molecular weight excluding hydrogens is 388 g/mol. The van der Waals surface area contributed by atoms with Crippen molar-refractivity contribution in [2.75, 3.05) is 25.7 Å². The molecule has 1 saturated heterocycles. The molecule has 0 radical (unpaired) electrons. The van der Waals surface area contributed by atoms with Crippen LogP contribution in [0.5, 0.6) is 11.5 Å². The van der Waals surface area contributed by atoms with Gasteiger partial charge in [-0.05, 0) is 42.9 Å². The number of hydrogen-bond acceptors (Lipinski definition) is 5. The van der Waals surface area contributed by atoms with Crippen molar-refractivity contribution in [2.45, 2.75) is 13.3 Å². The zero-order chi connectivity index (χ0) is 21.0. The number of para-hydroxylation sites is 2. The van der Waals surface area contributed by atoms with Crippen LogP contribution in [0.1, 0.15) is 18.9 Å². The lowest BCUT2D eigenvalue weighted by Gasteiger charge is -2.36. The highest BCUT2D eigenvalue weighted by Gasteiger charge is 2.40. The van der Waals surface area contributed by atoms with Gasteiger partial charge in [-0.25, -0.2) is 0 Å². The summed E-state index contributed by atoms with van der Waals surface area (Å²) >= 11 is 5.49. The van der Waals surface area contributed by atoms with Crippen LogP contribution in [0.3, 0.4) is 0 Å². The molecule has 0 atom stereocenters. The van der Waals surface area contributed by atoms with Gasteiger partial charge in [-0.2, -0.15) is 0 Å². The molecule has 2 aromatic carbocycles. The van der Waals surface area contributed by atoms with E-state index in [1.165, 1.54) is 30.1 Å². The first-order valence-corrected chi connectivity index (χ1v) is 9.62. The fourth-order valence-electron chi connectivity index (χ4n) is 3.18. The molecule has 0 aromatic heterocycles. The highest BCUT2D eigenvalue weighted by Crippen LogP contribution is 2.34. The SMILES string of the molecule is CCCN1C(=O)/C(=C\c2cccc(OC)c2OC)C(=O)N(c2ccccc2)C1=S. The highest BCUT2D eigenvalue weighted by molar-refractivity contribution is 7.80. The first-order chi connectivity index (χ1) is 14.0. The summed E-state index contributed by atoms with van der Waals surface area (Å²) in [6.45, 7) is 2.37. The summed E-state index contributed by atoms with van der Waals surface area (Å²) < 4.78 is 10.8. The predicted molar refractivity (Wildman–Crippen MR) is 116 cm³/mol. The van der Waals surface area contributed by atoms with Crippen molar-refractivity contribution in [3.8, 4) is 11.5 Å². The van der Waals surface area contributed by atoms with E-state index >= 15 is 0 Å². The Morgan fingerprint density at radius 3 is 2.31 bits per heavy atom. The van der Waals surface area contributed by atoms with Crippen LogP contribution in [-0.4, -0.2) is 42.6 Å². The molecule has 150 valence electrons. The number of amides is 2. The van der Waals surface area contributed by atoms with Gasteiger partial charge in [-0.1, -0.05) is 37.3 Å². The molecule has 0 unspecified atom stereocenters. The Morgan fingerprint density at radius 2 is 1.69 bits per heavy atom. The molecule has 7 heteroatoms. The second kappa shape index (κ2) is 8.87. The number of carbonyl (C=O) groups excluding carboxylic acids is 2. The molecule has 0 spiro atoms. The van der Waals surface area contributed by atoms with Crippen LogP contribution in [0.15, 0.2) is 54.1 Å². The van der Waals surface area contributed by atoms with E-state index in [2.05, 4.69) is 0 Å². The van der Waals surface area contributed by atoms with Crippen LogP contribution >= 0.6 is 12.2 Å². The molecule has 2 aromatic rings. The Labute approximate surface area is 175 Å². The lowest BCUT2D eigenvalue weighted by atomic mass is 10.0. The van der Waals surface area contributed by atoms with E-state index in [1.807, 2.05) is 25.1 Å². The van der Waals surface area contributed by atoms with Crippen molar-refractivity contribution in [1.29, 1.82) is 0 Å². The number of ether oxygens (including phenoxy) is 2. The normalized spacial score (nSPS) is 15.8. The van der Waals surface area contributed by atoms with Gasteiger partial charge in [0.1, 0.15) is 5.57 Å². The van der Waals surface area contributed by atoms with Gasteiger partial charge < -0.3 is 9.47 Å². The first-order valence-electron chi connectivity index (χ1n) is 9.21. The molecule has 2 amide bonds. The number of methoxy groups -OCH3 is 2. The van der Waals surface area contributed by atoms with Crippen molar-refractivity contribution < 1.29 is 19.1 Å². The second-order valence-electron chi connectivity index (χ2n) is 6.36. The molecule has 0 aliphatic carbocycles. The third-order valence-electron chi connectivity index (χ3n) is 4.53. The maximum absolute atomic E-state index is 13.3. The van der Waals surface area contributed by atoms with E-state index < -0.39 is 11.8 Å². The maximum Gasteiger partial charge on any atom is 0.270 e. The molecule has 1 aliphatic rings. The minimum atomic E-state index is -0.469. The number of rotatable bonds is 6. The smallest absolute Gasteiger partial charge is 0.270 e. The third-order valence-corrected chi connectivity index (χ3v) is 4.93. The molecule has 29 heavy (non-hydrogen) atoms. The molecule has 1 fully saturated rings. The molecule has 6 nitrogen and oxygen atoms in total. The standard InChI is InChI=1S/C22H22N2O4S/c1-4-13-23-20(25)17(14-15-9-8-12-18(27-2)19(15)28-3)21(26)24(22(23)29)16-10-6-5-7-11-16/h5-12,14H,4,13H2,1-3H3/b17-14+. The van der Waals surface area contributed by atoms with Gasteiger partial charge in [0.05, 0.1) is 19.9 Å². The summed E-state index contributed by atoms with van der Waals surface area (Å²) in [4.78, 5) is 29.3. The summed E-state index contributed by atoms with van der Waals surface area (Å²) in [5.74, 6) is 0.0743. The van der Waals surface area contributed by atoms with Gasteiger partial charge in [-0.3, -0.25) is 19.4 Å². The zero-order valence-corrected chi connectivity index (χ0v) is 17.4. The summed E-state index contributed by atoms with van der Waals surface area (Å²) in [5.41, 5.74) is 1.20. The van der Waals surface area contributed by atoms with Gasteiger partial charge in [0.15, 0.2) is 16.6 Å². The van der Waals surface area contributed by atoms with E-state index in [1.54, 1.807) is 30.3 Å². The van der Waals surface area contributed by atoms with Crippen molar-refractivity contribution in [1.82, 2.24) is 4.90 Å². The molecule has 0 saturated carbocycles. The summed E-state index contributed by atoms with van der Waals surface area (Å²) in [6.07, 6.45) is 2.24. The quantitative estimate of drug-likeness (QED) is 0.413. The van der Waals surface area contributed by atoms with Crippen LogP contribution < -0.4 is 14.4 Å². The molecule has 0 bridgehead atoms. The fraction of sp³-hybridized carbons (Fsp3) is 0.227. The number of hydrogen-bond donors (Lipinski definition) is 0. The Balaban J connectivity index is 2.14. The predicted octanol–water partition coefficient (Wildman–Crippen LogP) is 3.66. The van der Waals surface area contributed by atoms with Gasteiger partial charge in [0.2, 0.25) is 0 Å². The maximum atomic E-state index is 13.3. The van der Waals surface area contributed by atoms with Gasteiger partial charge in [0, 0.05) is 12.1 Å². The number of thiocarbonyl (C=S) groups is 1. The average Bonchev–Trinajstić information content (AvgIpc) is 2.74. The summed E-state index contributed by atoms with van der Waals surface area (Å²) in [7, 11) is 3.05. The Bertz CT molecular complexity index is 972. The lowest BCUT2D eigenvalue weighted by Crippen LogP contribution is -2.56. The Morgan fingerprint density at radius 1 is 0.966 bits per heavy atom. The minimum absolute atomic E-state index is 0.0162. The first kappa shape index (κ1) is 20.5. The topological polar surface area (TPSA) is 59.1 Å². The second-order valence-corrected chi connectivity index (χ2v) is 6.72. The lowest BCUT2D eigenvalue weighted by molar-refractivity contribution is -0.127.